The van der Waals surface area contributed by atoms with Crippen LogP contribution in [0.2, 0.25) is 0 Å². The molecule has 0 unspecified atom stereocenters. The summed E-state index contributed by atoms with van der Waals surface area (Å²) in [6, 6.07) is 17.1. The Labute approximate surface area is 183 Å². The quantitative estimate of drug-likeness (QED) is 0.587. The van der Waals surface area contributed by atoms with Crippen LogP contribution in [0.4, 0.5) is 26.0 Å². The van der Waals surface area contributed by atoms with Gasteiger partial charge in [-0.15, -0.1) is 10.2 Å². The molecular weight excluding hydrogens is 420 g/mol. The highest BCUT2D eigenvalue weighted by molar-refractivity contribution is 7.99. The van der Waals surface area contributed by atoms with Crippen molar-refractivity contribution in [3.63, 3.8) is 0 Å². The van der Waals surface area contributed by atoms with Crippen LogP contribution in [0.15, 0.2) is 65.7 Å². The van der Waals surface area contributed by atoms with E-state index in [1.54, 1.807) is 0 Å². The number of anilines is 3. The number of hydrogen-bond donors (Lipinski definition) is 1. The largest absolute Gasteiger partial charge is 0.368 e. The van der Waals surface area contributed by atoms with Crippen molar-refractivity contribution in [3.8, 4) is 0 Å². The van der Waals surface area contributed by atoms with E-state index in [9.17, 15) is 13.6 Å². The first-order chi connectivity index (χ1) is 15.1. The number of thioether (sulfide) groups is 1. The average molecular weight is 442 g/mol. The highest BCUT2D eigenvalue weighted by Gasteiger charge is 2.18. The topological polar surface area (TPSA) is 61.4 Å². The maximum absolute atomic E-state index is 13.6. The van der Waals surface area contributed by atoms with Gasteiger partial charge >= 0.3 is 0 Å². The third kappa shape index (κ3) is 5.49. The van der Waals surface area contributed by atoms with Gasteiger partial charge in [0.25, 0.3) is 0 Å². The lowest BCUT2D eigenvalue weighted by atomic mass is 10.2. The number of nitrogens with one attached hydrogen (secondary N) is 1. The van der Waals surface area contributed by atoms with Crippen molar-refractivity contribution in [2.45, 2.75) is 5.03 Å². The first-order valence-corrected chi connectivity index (χ1v) is 10.8. The third-order valence-corrected chi connectivity index (χ3v) is 5.83. The van der Waals surface area contributed by atoms with E-state index in [1.165, 1.54) is 23.5 Å². The maximum atomic E-state index is 13.6. The van der Waals surface area contributed by atoms with Gasteiger partial charge in [-0.05, 0) is 36.4 Å². The van der Waals surface area contributed by atoms with Crippen molar-refractivity contribution in [1.29, 1.82) is 0 Å². The molecule has 2 aromatic carbocycles. The zero-order valence-electron chi connectivity index (χ0n) is 16.7. The fourth-order valence-corrected chi connectivity index (χ4v) is 3.92. The molecule has 0 bridgehead atoms. The van der Waals surface area contributed by atoms with Crippen molar-refractivity contribution in [3.05, 3.63) is 72.3 Å². The standard InChI is InChI=1S/C22H21F2N5OS/c23-16-6-7-19(18(24)14-16)25-21(30)15-31-22-9-8-20(26-27-22)29-12-10-28(11-13-29)17-4-2-1-3-5-17/h1-9,14H,10-13,15H2,(H,25,30). The minimum Gasteiger partial charge on any atom is -0.368 e. The fraction of sp³-hybridized carbons (Fsp3) is 0.227. The van der Waals surface area contributed by atoms with Gasteiger partial charge in [0.15, 0.2) is 5.82 Å². The minimum atomic E-state index is -0.810. The number of para-hydroxylation sites is 1. The molecule has 31 heavy (non-hydrogen) atoms. The molecule has 4 rings (SSSR count). The number of halogens is 2. The van der Waals surface area contributed by atoms with Crippen LogP contribution >= 0.6 is 11.8 Å². The molecule has 6 nitrogen and oxygen atoms in total. The van der Waals surface area contributed by atoms with Gasteiger partial charge in [0, 0.05) is 37.9 Å². The van der Waals surface area contributed by atoms with Gasteiger partial charge in [-0.3, -0.25) is 4.79 Å². The molecule has 0 spiro atoms. The van der Waals surface area contributed by atoms with Crippen molar-refractivity contribution in [2.75, 3.05) is 47.0 Å². The zero-order chi connectivity index (χ0) is 21.6. The summed E-state index contributed by atoms with van der Waals surface area (Å²) in [5, 5.41) is 11.5. The van der Waals surface area contributed by atoms with Crippen LogP contribution in [-0.2, 0) is 4.79 Å². The highest BCUT2D eigenvalue weighted by atomic mass is 32.2. The Balaban J connectivity index is 1.26. The first-order valence-electron chi connectivity index (χ1n) is 9.85. The number of carbonyl (C=O) groups excluding carboxylic acids is 1. The van der Waals surface area contributed by atoms with E-state index >= 15 is 0 Å². The first kappa shape index (κ1) is 21.0. The van der Waals surface area contributed by atoms with Crippen LogP contribution in [0.25, 0.3) is 0 Å². The summed E-state index contributed by atoms with van der Waals surface area (Å²) >= 11 is 1.20. The van der Waals surface area contributed by atoms with Gasteiger partial charge in [0.1, 0.15) is 16.7 Å². The van der Waals surface area contributed by atoms with Crippen molar-refractivity contribution in [2.24, 2.45) is 0 Å². The number of piperazine rings is 1. The van der Waals surface area contributed by atoms with E-state index in [-0.39, 0.29) is 11.4 Å². The predicted molar refractivity (Wildman–Crippen MR) is 119 cm³/mol. The third-order valence-electron chi connectivity index (χ3n) is 4.91. The number of amides is 1. The summed E-state index contributed by atoms with van der Waals surface area (Å²) in [7, 11) is 0. The molecule has 0 atom stereocenters. The smallest absolute Gasteiger partial charge is 0.234 e. The monoisotopic (exact) mass is 441 g/mol. The van der Waals surface area contributed by atoms with E-state index in [2.05, 4.69) is 37.4 Å². The van der Waals surface area contributed by atoms with Crippen LogP contribution in [0.3, 0.4) is 0 Å². The molecule has 1 amide bonds. The summed E-state index contributed by atoms with van der Waals surface area (Å²) < 4.78 is 26.6. The molecule has 0 aliphatic carbocycles. The highest BCUT2D eigenvalue weighted by Crippen LogP contribution is 2.21. The van der Waals surface area contributed by atoms with Gasteiger partial charge < -0.3 is 15.1 Å². The predicted octanol–water partition coefficient (Wildman–Crippen LogP) is 3.81. The van der Waals surface area contributed by atoms with Crippen LogP contribution in [0.5, 0.6) is 0 Å². The van der Waals surface area contributed by atoms with Crippen molar-refractivity contribution in [1.82, 2.24) is 10.2 Å². The van der Waals surface area contributed by atoms with E-state index in [1.807, 2.05) is 30.3 Å². The summed E-state index contributed by atoms with van der Waals surface area (Å²) in [6.45, 7) is 3.51. The number of nitrogens with zero attached hydrogens (tertiary/aromatic N) is 4. The van der Waals surface area contributed by atoms with E-state index < -0.39 is 17.5 Å². The van der Waals surface area contributed by atoms with Crippen molar-refractivity contribution < 1.29 is 13.6 Å². The summed E-state index contributed by atoms with van der Waals surface area (Å²) in [5.74, 6) is -1.06. The summed E-state index contributed by atoms with van der Waals surface area (Å²) in [6.07, 6.45) is 0. The number of carbonyl (C=O) groups is 1. The lowest BCUT2D eigenvalue weighted by Gasteiger charge is -2.36. The Morgan fingerprint density at radius 1 is 0.935 bits per heavy atom. The number of benzene rings is 2. The van der Waals surface area contributed by atoms with Crippen LogP contribution in [0, 0.1) is 11.6 Å². The molecule has 0 saturated carbocycles. The minimum absolute atomic E-state index is 0.0423. The van der Waals surface area contributed by atoms with Gasteiger partial charge in [0.05, 0.1) is 11.4 Å². The van der Waals surface area contributed by atoms with Crippen LogP contribution < -0.4 is 15.1 Å². The molecule has 2 heterocycles. The lowest BCUT2D eigenvalue weighted by Crippen LogP contribution is -2.46. The van der Waals surface area contributed by atoms with Gasteiger partial charge in [-0.25, -0.2) is 8.78 Å². The molecular formula is C22H21F2N5OS. The molecule has 160 valence electrons. The summed E-state index contributed by atoms with van der Waals surface area (Å²) in [4.78, 5) is 16.6. The molecule has 1 aromatic heterocycles. The Morgan fingerprint density at radius 2 is 1.68 bits per heavy atom. The second-order valence-corrected chi connectivity index (χ2v) is 8.00. The Hall–Kier alpha value is -3.20. The lowest BCUT2D eigenvalue weighted by molar-refractivity contribution is -0.113. The molecule has 1 aliphatic heterocycles. The number of aromatic nitrogens is 2. The van der Waals surface area contributed by atoms with Crippen molar-refractivity contribution >= 4 is 34.9 Å². The number of hydrogen-bond acceptors (Lipinski definition) is 6. The SMILES string of the molecule is O=C(CSc1ccc(N2CCN(c3ccccc3)CC2)nn1)Nc1ccc(F)cc1F. The second-order valence-electron chi connectivity index (χ2n) is 7.00. The van der Waals surface area contributed by atoms with Crippen LogP contribution in [-0.4, -0.2) is 48.0 Å². The van der Waals surface area contributed by atoms with E-state index in [0.717, 1.165) is 44.1 Å². The molecule has 1 fully saturated rings. The zero-order valence-corrected chi connectivity index (χ0v) is 17.5. The Bertz CT molecular complexity index is 1030. The molecule has 9 heteroatoms. The molecule has 1 N–H and O–H groups in total. The van der Waals surface area contributed by atoms with Crippen LogP contribution in [0.1, 0.15) is 0 Å². The molecule has 1 aliphatic rings. The van der Waals surface area contributed by atoms with Gasteiger partial charge in [-0.1, -0.05) is 30.0 Å². The number of rotatable bonds is 6. The average Bonchev–Trinajstić information content (AvgIpc) is 2.81. The molecule has 0 radical (unpaired) electrons. The van der Waals surface area contributed by atoms with Gasteiger partial charge in [0.2, 0.25) is 5.91 Å². The van der Waals surface area contributed by atoms with E-state index in [0.29, 0.717) is 5.03 Å². The Morgan fingerprint density at radius 3 is 2.35 bits per heavy atom. The molecule has 3 aromatic rings. The second kappa shape index (κ2) is 9.74. The fourth-order valence-electron chi connectivity index (χ4n) is 3.31. The molecule has 1 saturated heterocycles. The maximum Gasteiger partial charge on any atom is 0.234 e. The normalized spacial score (nSPS) is 13.9. The van der Waals surface area contributed by atoms with E-state index in [4.69, 9.17) is 0 Å². The Kier molecular flexibility index (Phi) is 6.61. The van der Waals surface area contributed by atoms with Gasteiger partial charge in [-0.2, -0.15) is 0 Å². The summed E-state index contributed by atoms with van der Waals surface area (Å²) in [5.41, 5.74) is 1.17.